The molecule has 0 atom stereocenters. The highest BCUT2D eigenvalue weighted by molar-refractivity contribution is 5.63. The Morgan fingerprint density at radius 3 is 1.95 bits per heavy atom. The van der Waals surface area contributed by atoms with Gasteiger partial charge >= 0.3 is 0 Å². The zero-order chi connectivity index (χ0) is 13.8. The third-order valence-corrected chi connectivity index (χ3v) is 3.35. The van der Waals surface area contributed by atoms with Crippen molar-refractivity contribution in [1.82, 2.24) is 9.55 Å². The van der Waals surface area contributed by atoms with Gasteiger partial charge in [-0.25, -0.2) is 4.98 Å². The minimum Gasteiger partial charge on any atom is -0.392 e. The maximum Gasteiger partial charge on any atom is 0.0949 e. The number of benzene rings is 2. The van der Waals surface area contributed by atoms with Crippen LogP contribution in [0.15, 0.2) is 67.3 Å². The molecule has 0 saturated carbocycles. The second kappa shape index (κ2) is 5.72. The van der Waals surface area contributed by atoms with Crippen LogP contribution in [0.3, 0.4) is 0 Å². The normalized spacial score (nSPS) is 10.7. The second-order valence-electron chi connectivity index (χ2n) is 4.79. The molecule has 0 amide bonds. The van der Waals surface area contributed by atoms with Crippen LogP contribution in [0.4, 0.5) is 0 Å². The fourth-order valence-corrected chi connectivity index (χ4v) is 2.20. The minimum absolute atomic E-state index is 0.0874. The summed E-state index contributed by atoms with van der Waals surface area (Å²) in [7, 11) is 0. The molecule has 1 heterocycles. The predicted molar refractivity (Wildman–Crippen MR) is 79.1 cm³/mol. The molecule has 2 aromatic carbocycles. The summed E-state index contributed by atoms with van der Waals surface area (Å²) in [6.07, 6.45) is 5.57. The van der Waals surface area contributed by atoms with E-state index >= 15 is 0 Å². The molecule has 0 fully saturated rings. The maximum absolute atomic E-state index is 9.05. The first-order valence-electron chi connectivity index (χ1n) is 6.60. The molecule has 0 spiro atoms. The molecule has 1 N–H and O–H groups in total. The van der Waals surface area contributed by atoms with Crippen LogP contribution in [0.2, 0.25) is 0 Å². The molecule has 1 aromatic heterocycles. The molecule has 3 aromatic rings. The van der Waals surface area contributed by atoms with Crippen LogP contribution < -0.4 is 0 Å². The zero-order valence-corrected chi connectivity index (χ0v) is 11.1. The third kappa shape index (κ3) is 2.78. The smallest absolute Gasteiger partial charge is 0.0949 e. The SMILES string of the molecule is OCc1ccc(-c2ccc(Cn3ccnc3)cc2)cc1. The second-order valence-corrected chi connectivity index (χ2v) is 4.79. The lowest BCUT2D eigenvalue weighted by Crippen LogP contribution is -1.95. The Hall–Kier alpha value is -2.39. The Kier molecular flexibility index (Phi) is 3.61. The van der Waals surface area contributed by atoms with E-state index in [0.717, 1.165) is 17.7 Å². The molecule has 0 bridgehead atoms. The number of aliphatic hydroxyl groups excluding tert-OH is 1. The van der Waals surface area contributed by atoms with E-state index in [1.165, 1.54) is 11.1 Å². The summed E-state index contributed by atoms with van der Waals surface area (Å²) in [5.74, 6) is 0. The Labute approximate surface area is 118 Å². The third-order valence-electron chi connectivity index (χ3n) is 3.35. The quantitative estimate of drug-likeness (QED) is 0.786. The van der Waals surface area contributed by atoms with Crippen LogP contribution >= 0.6 is 0 Å². The van der Waals surface area contributed by atoms with E-state index in [-0.39, 0.29) is 6.61 Å². The van der Waals surface area contributed by atoms with Gasteiger partial charge in [-0.05, 0) is 22.3 Å². The Morgan fingerprint density at radius 2 is 1.45 bits per heavy atom. The summed E-state index contributed by atoms with van der Waals surface area (Å²) in [5.41, 5.74) is 4.53. The van der Waals surface area contributed by atoms with Crippen LogP contribution in [0.5, 0.6) is 0 Å². The number of hydrogen-bond donors (Lipinski definition) is 1. The van der Waals surface area contributed by atoms with Gasteiger partial charge in [0.15, 0.2) is 0 Å². The molecule has 0 aliphatic rings. The van der Waals surface area contributed by atoms with Gasteiger partial charge in [0, 0.05) is 18.9 Å². The molecule has 3 rings (SSSR count). The van der Waals surface area contributed by atoms with E-state index in [0.29, 0.717) is 0 Å². The molecule has 100 valence electrons. The number of aliphatic hydroxyl groups is 1. The largest absolute Gasteiger partial charge is 0.392 e. The monoisotopic (exact) mass is 264 g/mol. The molecular formula is C17H16N2O. The van der Waals surface area contributed by atoms with E-state index in [1.807, 2.05) is 41.4 Å². The number of nitrogens with zero attached hydrogens (tertiary/aromatic N) is 2. The summed E-state index contributed by atoms with van der Waals surface area (Å²) in [6, 6.07) is 16.5. The predicted octanol–water partition coefficient (Wildman–Crippen LogP) is 3.09. The van der Waals surface area contributed by atoms with Gasteiger partial charge < -0.3 is 9.67 Å². The van der Waals surface area contributed by atoms with Crippen molar-refractivity contribution in [3.8, 4) is 11.1 Å². The van der Waals surface area contributed by atoms with Crippen LogP contribution in [-0.2, 0) is 13.2 Å². The Balaban J connectivity index is 1.78. The average Bonchev–Trinajstić information content (AvgIpc) is 3.01. The lowest BCUT2D eigenvalue weighted by molar-refractivity contribution is 0.282. The molecule has 20 heavy (non-hydrogen) atoms. The molecule has 0 saturated heterocycles. The van der Waals surface area contributed by atoms with Crippen molar-refractivity contribution in [2.24, 2.45) is 0 Å². The lowest BCUT2D eigenvalue weighted by Gasteiger charge is -2.06. The van der Waals surface area contributed by atoms with Crippen molar-refractivity contribution in [2.75, 3.05) is 0 Å². The van der Waals surface area contributed by atoms with Crippen molar-refractivity contribution < 1.29 is 5.11 Å². The average molecular weight is 264 g/mol. The molecule has 0 unspecified atom stereocenters. The van der Waals surface area contributed by atoms with Gasteiger partial charge in [-0.1, -0.05) is 48.5 Å². The van der Waals surface area contributed by atoms with Crippen LogP contribution in [0.25, 0.3) is 11.1 Å². The van der Waals surface area contributed by atoms with Gasteiger partial charge in [-0.2, -0.15) is 0 Å². The summed E-state index contributed by atoms with van der Waals surface area (Å²) in [6.45, 7) is 0.924. The Bertz CT molecular complexity index is 655. The first-order chi connectivity index (χ1) is 9.85. The molecule has 0 aliphatic heterocycles. The van der Waals surface area contributed by atoms with E-state index in [1.54, 1.807) is 6.20 Å². The first kappa shape index (κ1) is 12.6. The van der Waals surface area contributed by atoms with Gasteiger partial charge in [0.1, 0.15) is 0 Å². The topological polar surface area (TPSA) is 38.0 Å². The number of hydrogen-bond acceptors (Lipinski definition) is 2. The van der Waals surface area contributed by atoms with Crippen molar-refractivity contribution in [2.45, 2.75) is 13.2 Å². The fourth-order valence-electron chi connectivity index (χ4n) is 2.20. The van der Waals surface area contributed by atoms with Gasteiger partial charge in [-0.15, -0.1) is 0 Å². The van der Waals surface area contributed by atoms with Gasteiger partial charge in [0.2, 0.25) is 0 Å². The Morgan fingerprint density at radius 1 is 0.850 bits per heavy atom. The number of rotatable bonds is 4. The fraction of sp³-hybridized carbons (Fsp3) is 0.118. The highest BCUT2D eigenvalue weighted by Crippen LogP contribution is 2.20. The van der Waals surface area contributed by atoms with E-state index in [4.69, 9.17) is 5.11 Å². The minimum atomic E-state index is 0.0874. The van der Waals surface area contributed by atoms with E-state index in [2.05, 4.69) is 29.2 Å². The van der Waals surface area contributed by atoms with Gasteiger partial charge in [-0.3, -0.25) is 0 Å². The van der Waals surface area contributed by atoms with Crippen LogP contribution in [0.1, 0.15) is 11.1 Å². The van der Waals surface area contributed by atoms with E-state index in [9.17, 15) is 0 Å². The lowest BCUT2D eigenvalue weighted by atomic mass is 10.0. The van der Waals surface area contributed by atoms with E-state index < -0.39 is 0 Å². The van der Waals surface area contributed by atoms with Crippen LogP contribution in [0, 0.1) is 0 Å². The number of aromatic nitrogens is 2. The summed E-state index contributed by atoms with van der Waals surface area (Å²) in [4.78, 5) is 4.04. The van der Waals surface area contributed by atoms with Crippen LogP contribution in [-0.4, -0.2) is 14.7 Å². The molecule has 3 nitrogen and oxygen atoms in total. The number of imidazole rings is 1. The van der Waals surface area contributed by atoms with Gasteiger partial charge in [0.25, 0.3) is 0 Å². The summed E-state index contributed by atoms with van der Waals surface area (Å²) < 4.78 is 2.05. The highest BCUT2D eigenvalue weighted by atomic mass is 16.3. The maximum atomic E-state index is 9.05. The standard InChI is InChI=1S/C17H16N2O/c20-12-15-3-7-17(8-4-15)16-5-1-14(2-6-16)11-19-10-9-18-13-19/h1-10,13,20H,11-12H2. The molecule has 0 aliphatic carbocycles. The first-order valence-corrected chi connectivity index (χ1v) is 6.60. The summed E-state index contributed by atoms with van der Waals surface area (Å²) in [5, 5.41) is 9.05. The molecule has 0 radical (unpaired) electrons. The van der Waals surface area contributed by atoms with Gasteiger partial charge in [0.05, 0.1) is 12.9 Å². The van der Waals surface area contributed by atoms with Crippen molar-refractivity contribution in [3.05, 3.63) is 78.4 Å². The molecule has 3 heteroatoms. The van der Waals surface area contributed by atoms with Crippen molar-refractivity contribution >= 4 is 0 Å². The highest BCUT2D eigenvalue weighted by Gasteiger charge is 1.99. The summed E-state index contributed by atoms with van der Waals surface area (Å²) >= 11 is 0. The zero-order valence-electron chi connectivity index (χ0n) is 11.1. The van der Waals surface area contributed by atoms with Crippen molar-refractivity contribution in [3.63, 3.8) is 0 Å². The molecular weight excluding hydrogens is 248 g/mol. The van der Waals surface area contributed by atoms with Crippen molar-refractivity contribution in [1.29, 1.82) is 0 Å².